The second kappa shape index (κ2) is 9.50. The maximum Gasteiger partial charge on any atom is 0.144 e. The Morgan fingerprint density at radius 1 is 0.583 bits per heavy atom. The van der Waals surface area contributed by atoms with Gasteiger partial charge in [0.2, 0.25) is 0 Å². The van der Waals surface area contributed by atoms with Crippen molar-refractivity contribution in [3.05, 3.63) is 60.7 Å². The van der Waals surface area contributed by atoms with Crippen molar-refractivity contribution in [3.8, 4) is 0 Å². The van der Waals surface area contributed by atoms with Crippen LogP contribution in [0.25, 0.3) is 0 Å². The zero-order valence-electron chi connectivity index (χ0n) is 14.5. The van der Waals surface area contributed by atoms with Gasteiger partial charge in [0, 0.05) is 11.4 Å². The van der Waals surface area contributed by atoms with Crippen molar-refractivity contribution >= 4 is 36.2 Å². The summed E-state index contributed by atoms with van der Waals surface area (Å²) in [4.78, 5) is 0. The van der Waals surface area contributed by atoms with E-state index in [1.165, 1.54) is 0 Å². The molecule has 0 aliphatic carbocycles. The lowest BCUT2D eigenvalue weighted by molar-refractivity contribution is 0.482. The fourth-order valence-corrected chi connectivity index (χ4v) is 2.05. The molecule has 0 saturated carbocycles. The van der Waals surface area contributed by atoms with Crippen LogP contribution in [-0.4, -0.2) is 11.3 Å². The Kier molecular flexibility index (Phi) is 8.80. The van der Waals surface area contributed by atoms with Crippen LogP contribution in [0.15, 0.2) is 70.9 Å². The molecule has 0 fully saturated rings. The Balaban J connectivity index is 0.00000264. The molecule has 24 heavy (non-hydrogen) atoms. The molecule has 0 spiro atoms. The molecule has 6 heteroatoms. The van der Waals surface area contributed by atoms with E-state index in [2.05, 4.69) is 20.9 Å². The highest BCUT2D eigenvalue weighted by Gasteiger charge is 2.20. The van der Waals surface area contributed by atoms with Gasteiger partial charge in [-0.1, -0.05) is 36.4 Å². The Bertz CT molecular complexity index is 558. The summed E-state index contributed by atoms with van der Waals surface area (Å²) in [6.45, 7) is 8.01. The monoisotopic (exact) mass is 368 g/mol. The van der Waals surface area contributed by atoms with Crippen molar-refractivity contribution in [1.82, 2.24) is 0 Å². The van der Waals surface area contributed by atoms with Crippen LogP contribution < -0.4 is 10.6 Å². The molecule has 0 radical (unpaired) electrons. The number of hydrogen-bond acceptors (Lipinski definition) is 4. The number of nitrogens with one attached hydrogen (secondary N) is 2. The fourth-order valence-electron chi connectivity index (χ4n) is 2.05. The molecule has 0 atom stereocenters. The first-order chi connectivity index (χ1) is 10.4. The summed E-state index contributed by atoms with van der Waals surface area (Å²) < 4.78 is 0. The number of azo groups is 1. The van der Waals surface area contributed by atoms with Crippen LogP contribution in [0.5, 0.6) is 0 Å². The minimum absolute atomic E-state index is 0. The fraction of sp³-hybridized carbons (Fsp3) is 0.333. The Hall–Kier alpha value is -1.78. The van der Waals surface area contributed by atoms with E-state index in [1.807, 2.05) is 88.4 Å². The normalized spacial score (nSPS) is 11.3. The number of halogens is 2. The summed E-state index contributed by atoms with van der Waals surface area (Å²) in [5, 5.41) is 15.7. The number of rotatable bonds is 6. The Morgan fingerprint density at radius 3 is 1.17 bits per heavy atom. The molecular weight excluding hydrogens is 343 g/mol. The first-order valence-electron chi connectivity index (χ1n) is 7.47. The SMILES string of the molecule is CC(C)(N=NC(C)(C)Nc1ccccc1)Nc1ccccc1.Cl.Cl. The summed E-state index contributed by atoms with van der Waals surface area (Å²) in [5.41, 5.74) is 1.11. The molecule has 4 nitrogen and oxygen atoms in total. The van der Waals surface area contributed by atoms with Gasteiger partial charge in [-0.25, -0.2) is 0 Å². The molecule has 0 aromatic heterocycles. The van der Waals surface area contributed by atoms with E-state index in [0.717, 1.165) is 11.4 Å². The summed E-state index contributed by atoms with van der Waals surface area (Å²) in [7, 11) is 0. The minimum Gasteiger partial charge on any atom is -0.360 e. The van der Waals surface area contributed by atoms with E-state index in [9.17, 15) is 0 Å². The maximum absolute atomic E-state index is 4.47. The van der Waals surface area contributed by atoms with Crippen molar-refractivity contribution in [3.63, 3.8) is 0 Å². The second-order valence-electron chi connectivity index (χ2n) is 6.30. The molecule has 0 amide bonds. The quantitative estimate of drug-likeness (QED) is 0.616. The lowest BCUT2D eigenvalue weighted by atomic mass is 10.2. The third-order valence-corrected chi connectivity index (χ3v) is 3.00. The first kappa shape index (κ1) is 22.2. The molecule has 0 aliphatic rings. The molecule has 0 bridgehead atoms. The molecule has 2 rings (SSSR count). The second-order valence-corrected chi connectivity index (χ2v) is 6.30. The average molecular weight is 369 g/mol. The molecule has 2 aromatic carbocycles. The van der Waals surface area contributed by atoms with Gasteiger partial charge >= 0.3 is 0 Å². The number of para-hydroxylation sites is 2. The van der Waals surface area contributed by atoms with Crippen LogP contribution in [0, 0.1) is 0 Å². The molecule has 0 heterocycles. The van der Waals surface area contributed by atoms with Gasteiger partial charge in [-0.15, -0.1) is 24.8 Å². The van der Waals surface area contributed by atoms with E-state index < -0.39 is 11.3 Å². The molecule has 0 saturated heterocycles. The largest absolute Gasteiger partial charge is 0.360 e. The van der Waals surface area contributed by atoms with E-state index in [-0.39, 0.29) is 24.8 Å². The zero-order chi connectivity index (χ0) is 16.1. The van der Waals surface area contributed by atoms with E-state index in [0.29, 0.717) is 0 Å². The predicted octanol–water partition coefficient (Wildman–Crippen LogP) is 5.98. The summed E-state index contributed by atoms with van der Waals surface area (Å²) >= 11 is 0. The van der Waals surface area contributed by atoms with E-state index >= 15 is 0 Å². The van der Waals surface area contributed by atoms with Gasteiger partial charge in [0.25, 0.3) is 0 Å². The molecule has 2 N–H and O–H groups in total. The van der Waals surface area contributed by atoms with Crippen LogP contribution in [0.3, 0.4) is 0 Å². The highest BCUT2D eigenvalue weighted by Crippen LogP contribution is 2.20. The third-order valence-electron chi connectivity index (χ3n) is 3.00. The number of nitrogens with zero attached hydrogens (tertiary/aromatic N) is 2. The van der Waals surface area contributed by atoms with Crippen LogP contribution in [0.2, 0.25) is 0 Å². The van der Waals surface area contributed by atoms with Gasteiger partial charge in [0.15, 0.2) is 0 Å². The van der Waals surface area contributed by atoms with Crippen LogP contribution >= 0.6 is 24.8 Å². The van der Waals surface area contributed by atoms with Crippen molar-refractivity contribution in [2.75, 3.05) is 10.6 Å². The highest BCUT2D eigenvalue weighted by atomic mass is 35.5. The van der Waals surface area contributed by atoms with E-state index in [1.54, 1.807) is 0 Å². The molecule has 0 aliphatic heterocycles. The average Bonchev–Trinajstić information content (AvgIpc) is 2.47. The van der Waals surface area contributed by atoms with Crippen molar-refractivity contribution in [1.29, 1.82) is 0 Å². The molecule has 132 valence electrons. The van der Waals surface area contributed by atoms with Crippen LogP contribution in [0.4, 0.5) is 11.4 Å². The van der Waals surface area contributed by atoms with Crippen LogP contribution in [0.1, 0.15) is 27.7 Å². The van der Waals surface area contributed by atoms with Gasteiger partial charge in [0.1, 0.15) is 11.3 Å². The topological polar surface area (TPSA) is 48.8 Å². The van der Waals surface area contributed by atoms with Gasteiger partial charge in [-0.05, 0) is 52.0 Å². The van der Waals surface area contributed by atoms with Gasteiger partial charge in [0.05, 0.1) is 0 Å². The zero-order valence-corrected chi connectivity index (χ0v) is 16.1. The van der Waals surface area contributed by atoms with Crippen molar-refractivity contribution < 1.29 is 0 Å². The lowest BCUT2D eigenvalue weighted by Gasteiger charge is -2.26. The molecular formula is C18H26Cl2N4. The third kappa shape index (κ3) is 7.66. The summed E-state index contributed by atoms with van der Waals surface area (Å²) in [6, 6.07) is 20.0. The number of anilines is 2. The number of benzene rings is 2. The smallest absolute Gasteiger partial charge is 0.144 e. The number of hydrogen-bond donors (Lipinski definition) is 2. The van der Waals surface area contributed by atoms with E-state index in [4.69, 9.17) is 0 Å². The lowest BCUT2D eigenvalue weighted by Crippen LogP contribution is -2.32. The van der Waals surface area contributed by atoms with Crippen LogP contribution in [-0.2, 0) is 0 Å². The Morgan fingerprint density at radius 2 is 0.875 bits per heavy atom. The predicted molar refractivity (Wildman–Crippen MR) is 108 cm³/mol. The highest BCUT2D eigenvalue weighted by molar-refractivity contribution is 5.85. The van der Waals surface area contributed by atoms with Gasteiger partial charge < -0.3 is 10.6 Å². The molecule has 2 aromatic rings. The van der Waals surface area contributed by atoms with Gasteiger partial charge in [-0.2, -0.15) is 10.2 Å². The van der Waals surface area contributed by atoms with Crippen molar-refractivity contribution in [2.24, 2.45) is 10.2 Å². The summed E-state index contributed by atoms with van der Waals surface area (Å²) in [6.07, 6.45) is 0. The standard InChI is InChI=1S/C18H24N4.2ClH/c1-17(2,19-15-11-7-5-8-12-15)21-22-18(3,4)20-16-13-9-6-10-14-16;;/h5-14,19-20H,1-4H3;2*1H. The minimum atomic E-state index is -0.475. The van der Waals surface area contributed by atoms with Crippen molar-refractivity contribution in [2.45, 2.75) is 39.0 Å². The molecule has 0 unspecified atom stereocenters. The van der Waals surface area contributed by atoms with Gasteiger partial charge in [-0.3, -0.25) is 0 Å². The summed E-state index contributed by atoms with van der Waals surface area (Å²) in [5.74, 6) is 0. The maximum atomic E-state index is 4.47. The first-order valence-corrected chi connectivity index (χ1v) is 7.47. The Labute approximate surface area is 157 Å².